The summed E-state index contributed by atoms with van der Waals surface area (Å²) in [5, 5.41) is 6.06. The van der Waals surface area contributed by atoms with Crippen LogP contribution in [-0.2, 0) is 25.6 Å². The average molecular weight is 519 g/mol. The summed E-state index contributed by atoms with van der Waals surface area (Å²) < 4.78 is 10.3. The standard InChI is InChI=1S/C16H23NO.C13H21NO3.C2H6.2H2/c1-6-13(4)17-11-15-9-7-8-10-16(15)14(5)18-12(2)3;1-6-8-11(15)14-12(9(3)7-2)10(4)13(16)17-5;1-2;;/h7-10,12,17H,4-6,11H2,1-3H3;7H,6,8H2,1-5H3,(H,14,15);1-2H3;2*1H/b;9-7-,12-10-;;;. The van der Waals surface area contributed by atoms with Crippen LogP contribution in [0.1, 0.15) is 95.6 Å². The number of benzene rings is 1. The van der Waals surface area contributed by atoms with Crippen LogP contribution >= 0.6 is 0 Å². The van der Waals surface area contributed by atoms with E-state index in [9.17, 15) is 9.59 Å². The monoisotopic (exact) mass is 518 g/mol. The number of carbonyl (C=O) groups is 2. The van der Waals surface area contributed by atoms with E-state index < -0.39 is 5.97 Å². The molecule has 212 valence electrons. The summed E-state index contributed by atoms with van der Waals surface area (Å²) in [4.78, 5) is 23.0. The molecule has 2 N–H and O–H groups in total. The van der Waals surface area contributed by atoms with Crippen LogP contribution < -0.4 is 10.6 Å². The minimum absolute atomic E-state index is 0. The maximum atomic E-state index is 11.6. The molecule has 0 saturated heterocycles. The van der Waals surface area contributed by atoms with Crippen LogP contribution in [-0.4, -0.2) is 25.1 Å². The first-order valence-electron chi connectivity index (χ1n) is 13.1. The average Bonchev–Trinajstić information content (AvgIpc) is 2.90. The van der Waals surface area contributed by atoms with Gasteiger partial charge in [0.25, 0.3) is 0 Å². The first-order valence-corrected chi connectivity index (χ1v) is 13.1. The fraction of sp³-hybridized carbons (Fsp3) is 0.484. The van der Waals surface area contributed by atoms with Gasteiger partial charge in [0.05, 0.1) is 24.5 Å². The predicted octanol–water partition coefficient (Wildman–Crippen LogP) is 7.93. The quantitative estimate of drug-likeness (QED) is 0.127. The Balaban J connectivity index is -0.000000282. The number of amides is 1. The molecule has 37 heavy (non-hydrogen) atoms. The Labute approximate surface area is 228 Å². The number of hydrogen-bond acceptors (Lipinski definition) is 5. The van der Waals surface area contributed by atoms with Gasteiger partial charge in [-0.05, 0) is 58.6 Å². The first-order chi connectivity index (χ1) is 17.5. The van der Waals surface area contributed by atoms with Gasteiger partial charge in [0.1, 0.15) is 5.76 Å². The van der Waals surface area contributed by atoms with E-state index in [1.165, 1.54) is 12.7 Å². The minimum atomic E-state index is -0.432. The summed E-state index contributed by atoms with van der Waals surface area (Å²) in [5.41, 5.74) is 5.07. The zero-order valence-corrected chi connectivity index (χ0v) is 24.8. The van der Waals surface area contributed by atoms with Gasteiger partial charge in [0.15, 0.2) is 0 Å². The lowest BCUT2D eigenvalue weighted by atomic mass is 10.1. The van der Waals surface area contributed by atoms with E-state index in [1.54, 1.807) is 6.92 Å². The summed E-state index contributed by atoms with van der Waals surface area (Å²) in [6, 6.07) is 8.15. The Morgan fingerprint density at radius 3 is 2.19 bits per heavy atom. The Morgan fingerprint density at radius 2 is 1.70 bits per heavy atom. The normalized spacial score (nSPS) is 11.1. The largest absolute Gasteiger partial charge is 0.491 e. The van der Waals surface area contributed by atoms with Crippen molar-refractivity contribution in [3.05, 3.63) is 77.2 Å². The molecule has 1 aromatic rings. The van der Waals surface area contributed by atoms with Gasteiger partial charge in [-0.2, -0.15) is 0 Å². The number of nitrogens with one attached hydrogen (secondary N) is 2. The van der Waals surface area contributed by atoms with Gasteiger partial charge in [-0.15, -0.1) is 0 Å². The second-order valence-corrected chi connectivity index (χ2v) is 8.32. The van der Waals surface area contributed by atoms with E-state index in [2.05, 4.69) is 41.5 Å². The molecule has 0 aliphatic carbocycles. The van der Waals surface area contributed by atoms with E-state index >= 15 is 0 Å². The van der Waals surface area contributed by atoms with E-state index in [4.69, 9.17) is 4.74 Å². The van der Waals surface area contributed by atoms with Gasteiger partial charge in [-0.25, -0.2) is 4.79 Å². The summed E-state index contributed by atoms with van der Waals surface area (Å²) >= 11 is 0. The summed E-state index contributed by atoms with van der Waals surface area (Å²) in [6.45, 7) is 26.1. The lowest BCUT2D eigenvalue weighted by molar-refractivity contribution is -0.136. The molecule has 0 heterocycles. The van der Waals surface area contributed by atoms with E-state index in [0.29, 0.717) is 17.7 Å². The Bertz CT molecular complexity index is 938. The molecule has 0 fully saturated rings. The van der Waals surface area contributed by atoms with Crippen LogP contribution in [0.2, 0.25) is 0 Å². The van der Waals surface area contributed by atoms with Crippen molar-refractivity contribution in [1.82, 2.24) is 10.6 Å². The zero-order valence-electron chi connectivity index (χ0n) is 24.8. The zero-order chi connectivity index (χ0) is 29.0. The number of hydrogen-bond donors (Lipinski definition) is 2. The fourth-order valence-electron chi connectivity index (χ4n) is 2.96. The molecule has 0 bridgehead atoms. The highest BCUT2D eigenvalue weighted by molar-refractivity contribution is 5.91. The van der Waals surface area contributed by atoms with Gasteiger partial charge < -0.3 is 20.1 Å². The topological polar surface area (TPSA) is 76.7 Å². The second-order valence-electron chi connectivity index (χ2n) is 8.32. The Hall–Kier alpha value is -3.28. The number of carbonyl (C=O) groups excluding carboxylic acids is 2. The highest BCUT2D eigenvalue weighted by Crippen LogP contribution is 2.20. The predicted molar refractivity (Wildman–Crippen MR) is 161 cm³/mol. The molecule has 0 aromatic heterocycles. The van der Waals surface area contributed by atoms with E-state index in [0.717, 1.165) is 42.0 Å². The molecule has 1 aromatic carbocycles. The molecular weight excluding hydrogens is 464 g/mol. The highest BCUT2D eigenvalue weighted by Gasteiger charge is 2.14. The van der Waals surface area contributed by atoms with Crippen LogP contribution in [0.4, 0.5) is 0 Å². The van der Waals surface area contributed by atoms with Crippen LogP contribution in [0.3, 0.4) is 0 Å². The number of ether oxygens (including phenoxy) is 2. The first kappa shape index (κ1) is 35.9. The lowest BCUT2D eigenvalue weighted by Crippen LogP contribution is -2.25. The van der Waals surface area contributed by atoms with Crippen molar-refractivity contribution < 1.29 is 21.9 Å². The number of rotatable bonds is 12. The minimum Gasteiger partial charge on any atom is -0.491 e. The lowest BCUT2D eigenvalue weighted by Gasteiger charge is -2.16. The molecule has 0 radical (unpaired) electrons. The Kier molecular flexibility index (Phi) is 20.2. The van der Waals surface area contributed by atoms with Crippen molar-refractivity contribution >= 4 is 17.6 Å². The molecule has 1 amide bonds. The van der Waals surface area contributed by atoms with Crippen molar-refractivity contribution in [2.45, 2.75) is 94.2 Å². The molecule has 0 atom stereocenters. The van der Waals surface area contributed by atoms with Gasteiger partial charge in [-0.3, -0.25) is 4.79 Å². The van der Waals surface area contributed by atoms with Gasteiger partial charge >= 0.3 is 5.97 Å². The molecular formula is C31H54N2O4. The van der Waals surface area contributed by atoms with E-state index in [-0.39, 0.29) is 14.9 Å². The molecule has 0 aliphatic rings. The van der Waals surface area contributed by atoms with Crippen LogP contribution in [0.25, 0.3) is 5.76 Å². The summed E-state index contributed by atoms with van der Waals surface area (Å²) in [6.07, 6.45) is 4.13. The van der Waals surface area contributed by atoms with Crippen molar-refractivity contribution in [2.75, 3.05) is 7.11 Å². The molecule has 0 unspecified atom stereocenters. The van der Waals surface area contributed by atoms with Crippen LogP contribution in [0, 0.1) is 0 Å². The SMILES string of the molecule is C/C=C(C)\C(NC(=O)CCC)=C(/C)C(=O)OC.C=C(CC)NCc1ccccc1C(=C)OC(C)C.CC.[HH].[HH]. The van der Waals surface area contributed by atoms with Crippen LogP contribution in [0.15, 0.2) is 66.0 Å². The maximum absolute atomic E-state index is 11.6. The maximum Gasteiger partial charge on any atom is 0.335 e. The van der Waals surface area contributed by atoms with Gasteiger partial charge in [-0.1, -0.05) is 71.2 Å². The Morgan fingerprint density at radius 1 is 1.11 bits per heavy atom. The number of allylic oxidation sites excluding steroid dienone is 3. The second kappa shape index (κ2) is 20.9. The molecule has 6 heteroatoms. The molecule has 0 aliphatic heterocycles. The third kappa shape index (κ3) is 14.8. The molecule has 0 spiro atoms. The van der Waals surface area contributed by atoms with Gasteiger partial charge in [0, 0.05) is 27.1 Å². The van der Waals surface area contributed by atoms with Crippen molar-refractivity contribution in [3.63, 3.8) is 0 Å². The molecule has 6 nitrogen and oxygen atoms in total. The highest BCUT2D eigenvalue weighted by atomic mass is 16.5. The fourth-order valence-corrected chi connectivity index (χ4v) is 2.96. The molecule has 0 saturated carbocycles. The van der Waals surface area contributed by atoms with Crippen molar-refractivity contribution in [3.8, 4) is 0 Å². The van der Waals surface area contributed by atoms with Crippen molar-refractivity contribution in [2.24, 2.45) is 0 Å². The third-order valence-corrected chi connectivity index (χ3v) is 5.09. The van der Waals surface area contributed by atoms with Gasteiger partial charge in [0.2, 0.25) is 5.91 Å². The third-order valence-electron chi connectivity index (χ3n) is 5.09. The van der Waals surface area contributed by atoms with E-state index in [1.807, 2.05) is 72.7 Å². The summed E-state index contributed by atoms with van der Waals surface area (Å²) in [7, 11) is 1.32. The van der Waals surface area contributed by atoms with Crippen LogP contribution in [0.5, 0.6) is 0 Å². The van der Waals surface area contributed by atoms with Crippen molar-refractivity contribution in [1.29, 1.82) is 0 Å². The molecule has 1 rings (SSSR count). The smallest absolute Gasteiger partial charge is 0.335 e. The number of esters is 1. The summed E-state index contributed by atoms with van der Waals surface area (Å²) in [5.74, 6) is 0.203. The number of methoxy groups -OCH3 is 1.